The Morgan fingerprint density at radius 3 is 3.07 bits per heavy atom. The van der Waals surface area contributed by atoms with E-state index >= 15 is 0 Å². The Kier molecular flexibility index (Phi) is 4.67. The summed E-state index contributed by atoms with van der Waals surface area (Å²) in [5, 5.41) is 9.86. The third-order valence-electron chi connectivity index (χ3n) is 3.15. The quantitative estimate of drug-likeness (QED) is 0.457. The zero-order valence-electron chi connectivity index (χ0n) is 11.3. The molecule has 1 aliphatic heterocycles. The first-order valence-electron chi connectivity index (χ1n) is 6.12. The maximum absolute atomic E-state index is 9.86. The van der Waals surface area contributed by atoms with Crippen LogP contribution >= 0.6 is 19.3 Å². The smallest absolute Gasteiger partial charge is 0.137 e. The number of aliphatic hydroxyl groups excluding tert-OH is 1. The van der Waals surface area contributed by atoms with Crippen molar-refractivity contribution in [1.29, 1.82) is 2.61 Å². The van der Waals surface area contributed by atoms with Crippen molar-refractivity contribution in [2.24, 2.45) is 11.8 Å². The van der Waals surface area contributed by atoms with Crippen LogP contribution in [-0.4, -0.2) is 40.2 Å². The van der Waals surface area contributed by atoms with E-state index in [2.05, 4.69) is 0 Å². The third kappa shape index (κ3) is 3.60. The first kappa shape index (κ1) is 10.9. The Morgan fingerprint density at radius 1 is 1.67 bits per heavy atom. The molecule has 15 heavy (non-hydrogen) atoms. The molecule has 0 spiro atoms. The lowest BCUT2D eigenvalue weighted by molar-refractivity contribution is -0.168. The standard InChI is InChI=1S/C9H19BO3PS/c1-5-6(2)9(11)7(3)13-8(5)4-12-15-14-10/h5-11,14H,4H2,1-3H3/t5-,6+,7+,8?,9?,14?/m1/s1/i10T,14D. The average molecular weight is 252 g/mol. The van der Waals surface area contributed by atoms with Crippen molar-refractivity contribution < 1.29 is 14.0 Å². The normalized spacial score (nSPS) is 45.5. The van der Waals surface area contributed by atoms with E-state index in [1.165, 1.54) is 0 Å². The molecule has 1 saturated heterocycles. The Bertz CT molecular complexity index is 242. The van der Waals surface area contributed by atoms with Gasteiger partial charge < -0.3 is 14.0 Å². The molecule has 1 fully saturated rings. The van der Waals surface area contributed by atoms with Crippen LogP contribution in [0.1, 0.15) is 20.8 Å². The van der Waals surface area contributed by atoms with Crippen molar-refractivity contribution in [1.82, 2.24) is 0 Å². The number of hydrogen-bond acceptors (Lipinski definition) is 4. The summed E-state index contributed by atoms with van der Waals surface area (Å²) in [6, 6.07) is 0. The van der Waals surface area contributed by atoms with Gasteiger partial charge in [0.2, 0.25) is 0 Å². The van der Waals surface area contributed by atoms with E-state index in [1.54, 1.807) is 0 Å². The highest BCUT2D eigenvalue weighted by atomic mass is 32.7. The van der Waals surface area contributed by atoms with Crippen molar-refractivity contribution in [3.63, 3.8) is 0 Å². The van der Waals surface area contributed by atoms with Crippen LogP contribution < -0.4 is 0 Å². The fourth-order valence-electron chi connectivity index (χ4n) is 1.88. The summed E-state index contributed by atoms with van der Waals surface area (Å²) in [5.74, 6) is 0.399. The monoisotopic (exact) mass is 252 g/mol. The molecule has 1 aliphatic rings. The van der Waals surface area contributed by atoms with Crippen LogP contribution in [0.25, 0.3) is 0 Å². The predicted molar refractivity (Wildman–Crippen MR) is 67.7 cm³/mol. The maximum atomic E-state index is 9.86. The summed E-state index contributed by atoms with van der Waals surface area (Å²) >= 11 is 1.02. The molecule has 0 bridgehead atoms. The van der Waals surface area contributed by atoms with E-state index in [0.717, 1.165) is 19.2 Å². The van der Waals surface area contributed by atoms with Gasteiger partial charge in [0.25, 0.3) is 0 Å². The van der Waals surface area contributed by atoms with Crippen LogP contribution in [0.5, 0.6) is 0 Å². The molecular formula is C9H19BO3PS. The summed E-state index contributed by atoms with van der Waals surface area (Å²) in [6.45, 7) is 6.32. The zero-order valence-corrected chi connectivity index (χ0v) is 11.0. The number of aliphatic hydroxyl groups is 1. The molecule has 1 radical (unpaired) electrons. The van der Waals surface area contributed by atoms with Crippen molar-refractivity contribution in [2.45, 2.75) is 39.1 Å². The van der Waals surface area contributed by atoms with Gasteiger partial charge in [0, 0.05) is 11.7 Å². The molecule has 87 valence electrons. The van der Waals surface area contributed by atoms with E-state index in [1.807, 2.05) is 20.8 Å². The van der Waals surface area contributed by atoms with Crippen molar-refractivity contribution in [2.75, 3.05) is 6.61 Å². The van der Waals surface area contributed by atoms with Crippen LogP contribution in [0, 0.1) is 11.8 Å². The van der Waals surface area contributed by atoms with Gasteiger partial charge in [-0.1, -0.05) is 21.5 Å². The van der Waals surface area contributed by atoms with Crippen molar-refractivity contribution in [3.05, 3.63) is 0 Å². The molecule has 0 amide bonds. The number of rotatable bonds is 5. The van der Waals surface area contributed by atoms with Crippen molar-refractivity contribution in [3.8, 4) is 0 Å². The van der Waals surface area contributed by atoms with E-state index in [4.69, 9.17) is 11.5 Å². The summed E-state index contributed by atoms with van der Waals surface area (Å²) in [4.78, 5) is 0. The van der Waals surface area contributed by atoms with Gasteiger partial charge in [-0.05, 0) is 20.1 Å². The van der Waals surface area contributed by atoms with Gasteiger partial charge in [-0.2, -0.15) is 0 Å². The molecule has 6 heteroatoms. The molecular weight excluding hydrogens is 230 g/mol. The largest absolute Gasteiger partial charge is 0.390 e. The first-order chi connectivity index (χ1) is 7.97. The Labute approximate surface area is 101 Å². The van der Waals surface area contributed by atoms with Gasteiger partial charge in [-0.3, -0.25) is 0 Å². The molecule has 6 atom stereocenters. The molecule has 0 saturated carbocycles. The Balaban J connectivity index is 2.37. The topological polar surface area (TPSA) is 38.7 Å². The number of ether oxygens (including phenoxy) is 1. The minimum atomic E-state index is -1.27. The summed E-state index contributed by atoms with van der Waals surface area (Å²) in [5.41, 5.74) is 0. The second-order valence-corrected chi connectivity index (χ2v) is 5.73. The third-order valence-corrected chi connectivity index (χ3v) is 4.05. The molecule has 0 aromatic carbocycles. The minimum Gasteiger partial charge on any atom is -0.390 e. The van der Waals surface area contributed by atoms with Gasteiger partial charge in [0.1, 0.15) is 7.53 Å². The van der Waals surface area contributed by atoms with E-state index in [9.17, 15) is 5.11 Å². The Morgan fingerprint density at radius 2 is 2.40 bits per heavy atom. The fraction of sp³-hybridized carbons (Fsp3) is 1.00. The highest BCUT2D eigenvalue weighted by molar-refractivity contribution is 8.53. The minimum absolute atomic E-state index is 0.0509. The van der Waals surface area contributed by atoms with E-state index < -0.39 is 13.7 Å². The Hall–Kier alpha value is 0.725. The SMILES string of the molecule is [2H]P([B][3H])SOCC1O[C@@H](C)C(O)[C@@H](C)[C@H]1C. The summed E-state index contributed by atoms with van der Waals surface area (Å²) in [6.07, 6.45) is -0.658. The molecule has 0 aliphatic carbocycles. The summed E-state index contributed by atoms with van der Waals surface area (Å²) < 4.78 is 25.3. The van der Waals surface area contributed by atoms with Crippen LogP contribution in [0.15, 0.2) is 0 Å². The van der Waals surface area contributed by atoms with E-state index in [-0.39, 0.29) is 24.0 Å². The van der Waals surface area contributed by atoms with Crippen LogP contribution in [0.3, 0.4) is 0 Å². The van der Waals surface area contributed by atoms with Crippen LogP contribution in [0.2, 0.25) is 0 Å². The second-order valence-electron chi connectivity index (χ2n) is 4.05. The molecule has 0 aromatic heterocycles. The maximum Gasteiger partial charge on any atom is 0.137 e. The van der Waals surface area contributed by atoms with Gasteiger partial charge in [0.05, 0.1) is 26.2 Å². The van der Waals surface area contributed by atoms with Gasteiger partial charge >= 0.3 is 0 Å². The van der Waals surface area contributed by atoms with Gasteiger partial charge in [0.15, 0.2) is 0 Å². The highest BCUT2D eigenvalue weighted by Gasteiger charge is 2.38. The fourth-order valence-corrected chi connectivity index (χ4v) is 2.50. The van der Waals surface area contributed by atoms with Gasteiger partial charge in [-0.15, -0.1) is 0 Å². The van der Waals surface area contributed by atoms with Crippen LogP contribution in [-0.2, 0) is 8.92 Å². The molecule has 3 nitrogen and oxygen atoms in total. The summed E-state index contributed by atoms with van der Waals surface area (Å²) in [7, 11) is -0.186. The average Bonchev–Trinajstić information content (AvgIpc) is 2.32. The lowest BCUT2D eigenvalue weighted by Crippen LogP contribution is -2.49. The number of hydrogen-bond donors (Lipinski definition) is 1. The molecule has 1 rings (SSSR count). The molecule has 1 heterocycles. The molecule has 0 aromatic rings. The molecule has 1 N–H and O–H groups in total. The van der Waals surface area contributed by atoms with E-state index in [0.29, 0.717) is 6.61 Å². The van der Waals surface area contributed by atoms with Crippen LogP contribution in [0.4, 0.5) is 0 Å². The van der Waals surface area contributed by atoms with Crippen molar-refractivity contribution >= 4 is 26.8 Å². The lowest BCUT2D eigenvalue weighted by Gasteiger charge is -2.41. The van der Waals surface area contributed by atoms with Gasteiger partial charge in [-0.25, -0.2) is 0 Å². The highest BCUT2D eigenvalue weighted by Crippen LogP contribution is 2.32. The lowest BCUT2D eigenvalue weighted by atomic mass is 9.82. The molecule has 3 unspecified atom stereocenters. The predicted octanol–water partition coefficient (Wildman–Crippen LogP) is 1.48. The first-order valence-corrected chi connectivity index (χ1v) is 7.41. The second kappa shape index (κ2) is 6.46. The zero-order chi connectivity index (χ0) is 13.0.